The van der Waals surface area contributed by atoms with Gasteiger partial charge in [0.25, 0.3) is 6.43 Å². The van der Waals surface area contributed by atoms with Gasteiger partial charge in [0.05, 0.1) is 12.8 Å². The molecule has 0 spiro atoms. The third-order valence-electron chi connectivity index (χ3n) is 3.62. The highest BCUT2D eigenvalue weighted by molar-refractivity contribution is 5.76. The van der Waals surface area contributed by atoms with Crippen LogP contribution in [0.5, 0.6) is 0 Å². The van der Waals surface area contributed by atoms with E-state index in [0.717, 1.165) is 5.56 Å². The Labute approximate surface area is 149 Å². The van der Waals surface area contributed by atoms with Crippen LogP contribution in [0.3, 0.4) is 0 Å². The Kier molecular flexibility index (Phi) is 5.30. The molecule has 2 aromatic carbocycles. The summed E-state index contributed by atoms with van der Waals surface area (Å²) in [4.78, 5) is 0. The first kappa shape index (κ1) is 17.6. The zero-order valence-corrected chi connectivity index (χ0v) is 13.7. The van der Waals surface area contributed by atoms with Crippen LogP contribution in [0.1, 0.15) is 23.1 Å². The van der Waals surface area contributed by atoms with Gasteiger partial charge in [-0.1, -0.05) is 48.4 Å². The minimum atomic E-state index is -2.57. The summed E-state index contributed by atoms with van der Waals surface area (Å²) < 4.78 is 31.5. The van der Waals surface area contributed by atoms with Crippen molar-refractivity contribution in [1.82, 2.24) is 5.43 Å². The number of nitrogens with zero attached hydrogens (tertiary/aromatic N) is 1. The summed E-state index contributed by atoms with van der Waals surface area (Å²) in [7, 11) is 0. The highest BCUT2D eigenvalue weighted by Crippen LogP contribution is 2.20. The number of rotatable bonds is 4. The average molecular weight is 354 g/mol. The number of allylic oxidation sites excluding steroid dienone is 1. The minimum Gasteiger partial charge on any atom is -0.506 e. The van der Waals surface area contributed by atoms with E-state index in [1.54, 1.807) is 6.07 Å². The molecule has 1 atom stereocenters. The van der Waals surface area contributed by atoms with E-state index in [-0.39, 0.29) is 17.9 Å². The molecular weight excluding hydrogens is 338 g/mol. The zero-order chi connectivity index (χ0) is 18.4. The van der Waals surface area contributed by atoms with Gasteiger partial charge in [0, 0.05) is 17.2 Å². The first-order valence-corrected chi connectivity index (χ1v) is 7.87. The molecule has 2 N–H and O–H groups in total. The molecule has 1 aliphatic heterocycles. The summed E-state index contributed by atoms with van der Waals surface area (Å²) in [6, 6.07) is 15.2. The Morgan fingerprint density at radius 3 is 2.69 bits per heavy atom. The van der Waals surface area contributed by atoms with Crippen molar-refractivity contribution in [2.24, 2.45) is 5.10 Å². The Hall–Kier alpha value is -3.17. The molecule has 0 bridgehead atoms. The number of aliphatic hydroxyl groups is 1. The molecule has 0 saturated heterocycles. The number of alkyl halides is 2. The summed E-state index contributed by atoms with van der Waals surface area (Å²) in [6.45, 7) is 0.221. The standard InChI is InChI=1S/C20H16F2N2O2/c21-19(22)17-8-4-7-15(11-17)9-10-20(12-18(25)13-23-24-20)26-14-16-5-2-1-3-6-16/h1-8,11-13,19,24-25H,14H2. The summed E-state index contributed by atoms with van der Waals surface area (Å²) in [5.74, 6) is 5.54. The van der Waals surface area contributed by atoms with Crippen LogP contribution in [0.2, 0.25) is 0 Å². The van der Waals surface area contributed by atoms with Crippen LogP contribution < -0.4 is 5.43 Å². The topological polar surface area (TPSA) is 53.9 Å². The molecule has 0 aromatic heterocycles. The number of aliphatic hydroxyl groups excluding tert-OH is 1. The maximum Gasteiger partial charge on any atom is 0.263 e. The number of nitrogens with one attached hydrogen (secondary N) is 1. The molecule has 1 unspecified atom stereocenters. The molecule has 2 aromatic rings. The second-order valence-corrected chi connectivity index (χ2v) is 5.63. The van der Waals surface area contributed by atoms with Gasteiger partial charge in [-0.25, -0.2) is 8.78 Å². The molecule has 6 heteroatoms. The number of hydrogen-bond donors (Lipinski definition) is 2. The van der Waals surface area contributed by atoms with Crippen LogP contribution in [-0.2, 0) is 11.3 Å². The fourth-order valence-electron chi connectivity index (χ4n) is 2.33. The second kappa shape index (κ2) is 7.81. The van der Waals surface area contributed by atoms with Gasteiger partial charge in [0.2, 0.25) is 5.72 Å². The molecule has 0 aliphatic carbocycles. The van der Waals surface area contributed by atoms with Crippen molar-refractivity contribution in [3.8, 4) is 11.8 Å². The van der Waals surface area contributed by atoms with Crippen LogP contribution in [0, 0.1) is 11.8 Å². The lowest BCUT2D eigenvalue weighted by molar-refractivity contribution is -0.00424. The number of hydrogen-bond acceptors (Lipinski definition) is 4. The van der Waals surface area contributed by atoms with Crippen molar-refractivity contribution in [3.05, 3.63) is 83.1 Å². The van der Waals surface area contributed by atoms with Crippen molar-refractivity contribution in [3.63, 3.8) is 0 Å². The van der Waals surface area contributed by atoms with Gasteiger partial charge in [-0.2, -0.15) is 5.10 Å². The predicted molar refractivity (Wildman–Crippen MR) is 94.6 cm³/mol. The largest absolute Gasteiger partial charge is 0.506 e. The maximum atomic E-state index is 12.8. The van der Waals surface area contributed by atoms with Crippen molar-refractivity contribution >= 4 is 6.21 Å². The van der Waals surface area contributed by atoms with E-state index in [4.69, 9.17) is 4.74 Å². The highest BCUT2D eigenvalue weighted by atomic mass is 19.3. The lowest BCUT2D eigenvalue weighted by Gasteiger charge is -2.27. The van der Waals surface area contributed by atoms with Gasteiger partial charge in [0.15, 0.2) is 0 Å². The molecule has 0 fully saturated rings. The Bertz CT molecular complexity index is 885. The van der Waals surface area contributed by atoms with Crippen molar-refractivity contribution in [2.45, 2.75) is 18.8 Å². The fraction of sp³-hybridized carbons (Fsp3) is 0.150. The van der Waals surface area contributed by atoms with E-state index in [2.05, 4.69) is 22.4 Å². The zero-order valence-electron chi connectivity index (χ0n) is 13.7. The van der Waals surface area contributed by atoms with Crippen LogP contribution in [-0.4, -0.2) is 17.0 Å². The lowest BCUT2D eigenvalue weighted by atomic mass is 10.1. The smallest absolute Gasteiger partial charge is 0.263 e. The Morgan fingerprint density at radius 2 is 1.96 bits per heavy atom. The van der Waals surface area contributed by atoms with Gasteiger partial charge >= 0.3 is 0 Å². The third kappa shape index (κ3) is 4.47. The highest BCUT2D eigenvalue weighted by Gasteiger charge is 2.29. The summed E-state index contributed by atoms with van der Waals surface area (Å²) >= 11 is 0. The molecule has 0 radical (unpaired) electrons. The monoisotopic (exact) mass is 354 g/mol. The number of hydrazone groups is 1. The predicted octanol–water partition coefficient (Wildman–Crippen LogP) is 3.92. The minimum absolute atomic E-state index is 0.104. The first-order valence-electron chi connectivity index (χ1n) is 7.87. The SMILES string of the molecule is OC1=CC(C#Cc2cccc(C(F)F)c2)(OCc2ccccc2)NN=C1. The summed E-state index contributed by atoms with van der Waals surface area (Å²) in [5.41, 5.74) is 2.58. The quantitative estimate of drug-likeness (QED) is 0.819. The molecule has 26 heavy (non-hydrogen) atoms. The molecule has 4 nitrogen and oxygen atoms in total. The summed E-state index contributed by atoms with van der Waals surface area (Å²) in [6.07, 6.45) is 0.0391. The first-order chi connectivity index (χ1) is 12.6. The molecule has 3 rings (SSSR count). The van der Waals surface area contributed by atoms with Gasteiger partial charge in [-0.3, -0.25) is 5.43 Å². The molecule has 132 valence electrons. The van der Waals surface area contributed by atoms with Crippen LogP contribution >= 0.6 is 0 Å². The maximum absolute atomic E-state index is 12.8. The van der Waals surface area contributed by atoms with Crippen LogP contribution in [0.15, 0.2) is 71.5 Å². The van der Waals surface area contributed by atoms with E-state index in [1.807, 2.05) is 30.3 Å². The molecule has 1 heterocycles. The fourth-order valence-corrected chi connectivity index (χ4v) is 2.33. The van der Waals surface area contributed by atoms with Crippen molar-refractivity contribution < 1.29 is 18.6 Å². The van der Waals surface area contributed by atoms with E-state index < -0.39 is 12.2 Å². The molecule has 1 aliphatic rings. The van der Waals surface area contributed by atoms with E-state index in [9.17, 15) is 13.9 Å². The molecular formula is C20H16F2N2O2. The van der Waals surface area contributed by atoms with Crippen molar-refractivity contribution in [1.29, 1.82) is 0 Å². The lowest BCUT2D eigenvalue weighted by Crippen LogP contribution is -2.44. The molecule has 0 saturated carbocycles. The second-order valence-electron chi connectivity index (χ2n) is 5.63. The van der Waals surface area contributed by atoms with Gasteiger partial charge in [0.1, 0.15) is 5.76 Å². The average Bonchev–Trinajstić information content (AvgIpc) is 2.66. The van der Waals surface area contributed by atoms with Crippen molar-refractivity contribution in [2.75, 3.05) is 0 Å². The number of ether oxygens (including phenoxy) is 1. The van der Waals surface area contributed by atoms with E-state index in [1.165, 1.54) is 30.5 Å². The Morgan fingerprint density at radius 1 is 1.15 bits per heavy atom. The van der Waals surface area contributed by atoms with E-state index >= 15 is 0 Å². The van der Waals surface area contributed by atoms with Crippen LogP contribution in [0.25, 0.3) is 0 Å². The van der Waals surface area contributed by atoms with Crippen LogP contribution in [0.4, 0.5) is 8.78 Å². The normalized spacial score (nSPS) is 18.7. The number of benzene rings is 2. The summed E-state index contributed by atoms with van der Waals surface area (Å²) in [5, 5.41) is 13.6. The number of halogens is 2. The third-order valence-corrected chi connectivity index (χ3v) is 3.62. The van der Waals surface area contributed by atoms with Gasteiger partial charge in [-0.15, -0.1) is 0 Å². The van der Waals surface area contributed by atoms with Gasteiger partial charge in [-0.05, 0) is 23.6 Å². The van der Waals surface area contributed by atoms with Gasteiger partial charge < -0.3 is 9.84 Å². The molecule has 0 amide bonds. The Balaban J connectivity index is 1.86. The van der Waals surface area contributed by atoms with E-state index in [0.29, 0.717) is 5.56 Å².